The van der Waals surface area contributed by atoms with E-state index in [4.69, 9.17) is 0 Å². The number of benzene rings is 2. The van der Waals surface area contributed by atoms with Crippen LogP contribution < -0.4 is 5.32 Å². The van der Waals surface area contributed by atoms with Gasteiger partial charge in [-0.05, 0) is 31.2 Å². The van der Waals surface area contributed by atoms with E-state index in [9.17, 15) is 9.59 Å². The van der Waals surface area contributed by atoms with E-state index in [0.29, 0.717) is 11.1 Å². The Balaban J connectivity index is 2.02. The SMILES string of the molecule is CC(NC(=O)c1ccccc1)C(C)C(=O)c1ccc(Br)cc1. The van der Waals surface area contributed by atoms with Gasteiger partial charge in [0.1, 0.15) is 0 Å². The van der Waals surface area contributed by atoms with Gasteiger partial charge in [0, 0.05) is 27.6 Å². The van der Waals surface area contributed by atoms with E-state index in [1.54, 1.807) is 24.3 Å². The van der Waals surface area contributed by atoms with Crippen LogP contribution in [-0.4, -0.2) is 17.7 Å². The Morgan fingerprint density at radius 2 is 1.50 bits per heavy atom. The topological polar surface area (TPSA) is 46.2 Å². The molecule has 3 nitrogen and oxygen atoms in total. The van der Waals surface area contributed by atoms with Crippen molar-refractivity contribution in [1.29, 1.82) is 0 Å². The summed E-state index contributed by atoms with van der Waals surface area (Å²) >= 11 is 3.35. The number of Topliss-reactive ketones (excluding diaryl/α,β-unsaturated/α-hetero) is 1. The van der Waals surface area contributed by atoms with Crippen molar-refractivity contribution in [3.05, 3.63) is 70.2 Å². The quantitative estimate of drug-likeness (QED) is 0.817. The predicted octanol–water partition coefficient (Wildman–Crippen LogP) is 4.09. The molecule has 0 aliphatic carbocycles. The normalized spacial score (nSPS) is 13.2. The number of hydrogen-bond acceptors (Lipinski definition) is 2. The third-order valence-corrected chi connectivity index (χ3v) is 4.22. The molecule has 2 unspecified atom stereocenters. The van der Waals surface area contributed by atoms with Crippen LogP contribution in [0.25, 0.3) is 0 Å². The van der Waals surface area contributed by atoms with E-state index in [-0.39, 0.29) is 23.7 Å². The molecule has 0 aliphatic heterocycles. The van der Waals surface area contributed by atoms with Crippen LogP contribution >= 0.6 is 15.9 Å². The molecular formula is C18H18BrNO2. The smallest absolute Gasteiger partial charge is 0.251 e. The van der Waals surface area contributed by atoms with Crippen LogP contribution in [0.1, 0.15) is 34.6 Å². The second kappa shape index (κ2) is 7.36. The van der Waals surface area contributed by atoms with Gasteiger partial charge in [0.2, 0.25) is 0 Å². The molecule has 2 rings (SSSR count). The molecule has 0 aromatic heterocycles. The Morgan fingerprint density at radius 3 is 2.09 bits per heavy atom. The summed E-state index contributed by atoms with van der Waals surface area (Å²) in [5, 5.41) is 2.89. The summed E-state index contributed by atoms with van der Waals surface area (Å²) in [4.78, 5) is 24.6. The predicted molar refractivity (Wildman–Crippen MR) is 91.0 cm³/mol. The Morgan fingerprint density at radius 1 is 0.909 bits per heavy atom. The van der Waals surface area contributed by atoms with Crippen molar-refractivity contribution in [2.24, 2.45) is 5.92 Å². The Hall–Kier alpha value is -1.94. The summed E-state index contributed by atoms with van der Waals surface area (Å²) < 4.78 is 0.933. The minimum Gasteiger partial charge on any atom is -0.349 e. The third kappa shape index (κ3) is 4.04. The van der Waals surface area contributed by atoms with Gasteiger partial charge in [-0.15, -0.1) is 0 Å². The third-order valence-electron chi connectivity index (χ3n) is 3.69. The van der Waals surface area contributed by atoms with Crippen molar-refractivity contribution < 1.29 is 9.59 Å². The summed E-state index contributed by atoms with van der Waals surface area (Å²) in [6.07, 6.45) is 0. The number of halogens is 1. The summed E-state index contributed by atoms with van der Waals surface area (Å²) in [6, 6.07) is 16.0. The molecule has 0 radical (unpaired) electrons. The average Bonchev–Trinajstić information content (AvgIpc) is 2.55. The Bertz CT molecular complexity index is 653. The van der Waals surface area contributed by atoms with Crippen LogP contribution in [-0.2, 0) is 0 Å². The van der Waals surface area contributed by atoms with Crippen LogP contribution in [0, 0.1) is 5.92 Å². The molecule has 1 amide bonds. The van der Waals surface area contributed by atoms with Gasteiger partial charge in [-0.1, -0.05) is 53.2 Å². The number of carbonyl (C=O) groups excluding carboxylic acids is 2. The molecule has 4 heteroatoms. The molecule has 0 aliphatic rings. The van der Waals surface area contributed by atoms with Crippen molar-refractivity contribution in [3.8, 4) is 0 Å². The van der Waals surface area contributed by atoms with Crippen molar-refractivity contribution in [3.63, 3.8) is 0 Å². The van der Waals surface area contributed by atoms with Crippen molar-refractivity contribution >= 4 is 27.6 Å². The lowest BCUT2D eigenvalue weighted by Crippen LogP contribution is -2.40. The number of rotatable bonds is 5. The molecule has 2 aromatic carbocycles. The van der Waals surface area contributed by atoms with E-state index in [1.165, 1.54) is 0 Å². The molecule has 1 N–H and O–H groups in total. The first-order valence-electron chi connectivity index (χ1n) is 7.14. The van der Waals surface area contributed by atoms with Gasteiger partial charge in [-0.2, -0.15) is 0 Å². The monoisotopic (exact) mass is 359 g/mol. The second-order valence-corrected chi connectivity index (χ2v) is 6.20. The first kappa shape index (κ1) is 16.4. The summed E-state index contributed by atoms with van der Waals surface area (Å²) in [5.41, 5.74) is 1.24. The van der Waals surface area contributed by atoms with Gasteiger partial charge in [0.25, 0.3) is 5.91 Å². The van der Waals surface area contributed by atoms with Crippen molar-refractivity contribution in [1.82, 2.24) is 5.32 Å². The summed E-state index contributed by atoms with van der Waals surface area (Å²) in [7, 11) is 0. The van der Waals surface area contributed by atoms with Gasteiger partial charge in [0.05, 0.1) is 0 Å². The summed E-state index contributed by atoms with van der Waals surface area (Å²) in [6.45, 7) is 3.68. The molecule has 0 saturated heterocycles. The lowest BCUT2D eigenvalue weighted by atomic mass is 9.93. The van der Waals surface area contributed by atoms with Crippen molar-refractivity contribution in [2.45, 2.75) is 19.9 Å². The lowest BCUT2D eigenvalue weighted by Gasteiger charge is -2.20. The van der Waals surface area contributed by atoms with Crippen LogP contribution in [0.3, 0.4) is 0 Å². The summed E-state index contributed by atoms with van der Waals surface area (Å²) in [5.74, 6) is -0.439. The largest absolute Gasteiger partial charge is 0.349 e. The van der Waals surface area contributed by atoms with Gasteiger partial charge >= 0.3 is 0 Å². The maximum atomic E-state index is 12.4. The molecule has 0 spiro atoms. The maximum absolute atomic E-state index is 12.4. The fourth-order valence-corrected chi connectivity index (χ4v) is 2.37. The van der Waals surface area contributed by atoms with Gasteiger partial charge in [-0.3, -0.25) is 9.59 Å². The zero-order chi connectivity index (χ0) is 16.1. The van der Waals surface area contributed by atoms with Gasteiger partial charge in [0.15, 0.2) is 5.78 Å². The molecule has 0 heterocycles. The number of amides is 1. The van der Waals surface area contributed by atoms with Crippen LogP contribution in [0.5, 0.6) is 0 Å². The molecule has 22 heavy (non-hydrogen) atoms. The minimum absolute atomic E-state index is 0.0216. The molecule has 0 fully saturated rings. The van der Waals surface area contributed by atoms with E-state index in [0.717, 1.165) is 4.47 Å². The minimum atomic E-state index is -0.297. The number of nitrogens with one attached hydrogen (secondary N) is 1. The molecule has 0 bridgehead atoms. The average molecular weight is 360 g/mol. The highest BCUT2D eigenvalue weighted by Gasteiger charge is 2.23. The molecular weight excluding hydrogens is 342 g/mol. The van der Waals surface area contributed by atoms with Gasteiger partial charge in [-0.25, -0.2) is 0 Å². The van der Waals surface area contributed by atoms with Gasteiger partial charge < -0.3 is 5.32 Å². The fourth-order valence-electron chi connectivity index (χ4n) is 2.11. The molecule has 114 valence electrons. The zero-order valence-corrected chi connectivity index (χ0v) is 14.1. The Kier molecular flexibility index (Phi) is 5.50. The van der Waals surface area contributed by atoms with E-state index in [2.05, 4.69) is 21.2 Å². The van der Waals surface area contributed by atoms with Crippen LogP contribution in [0.15, 0.2) is 59.1 Å². The number of carbonyl (C=O) groups is 2. The number of hydrogen-bond donors (Lipinski definition) is 1. The first-order chi connectivity index (χ1) is 10.5. The lowest BCUT2D eigenvalue weighted by molar-refractivity contribution is 0.0868. The number of ketones is 1. The fraction of sp³-hybridized carbons (Fsp3) is 0.222. The molecule has 2 atom stereocenters. The van der Waals surface area contributed by atoms with Crippen LogP contribution in [0.2, 0.25) is 0 Å². The highest BCUT2D eigenvalue weighted by atomic mass is 79.9. The Labute approximate surface area is 138 Å². The second-order valence-electron chi connectivity index (χ2n) is 5.29. The van der Waals surface area contributed by atoms with E-state index >= 15 is 0 Å². The maximum Gasteiger partial charge on any atom is 0.251 e. The van der Waals surface area contributed by atoms with Crippen molar-refractivity contribution in [2.75, 3.05) is 0 Å². The zero-order valence-electron chi connectivity index (χ0n) is 12.5. The highest BCUT2D eigenvalue weighted by molar-refractivity contribution is 9.10. The highest BCUT2D eigenvalue weighted by Crippen LogP contribution is 2.16. The standard InChI is InChI=1S/C18H18BrNO2/c1-12(17(21)14-8-10-16(19)11-9-14)13(2)20-18(22)15-6-4-3-5-7-15/h3-13H,1-2H3,(H,20,22). The van der Waals surface area contributed by atoms with E-state index < -0.39 is 0 Å². The first-order valence-corrected chi connectivity index (χ1v) is 7.94. The van der Waals surface area contributed by atoms with E-state index in [1.807, 2.05) is 44.2 Å². The molecule has 2 aromatic rings. The van der Waals surface area contributed by atoms with Crippen LogP contribution in [0.4, 0.5) is 0 Å². The molecule has 0 saturated carbocycles.